The Bertz CT molecular complexity index is 457. The molecule has 3 nitrogen and oxygen atoms in total. The summed E-state index contributed by atoms with van der Waals surface area (Å²) in [5.41, 5.74) is 1.40. The van der Waals surface area contributed by atoms with Gasteiger partial charge in [0.25, 0.3) is 0 Å². The van der Waals surface area contributed by atoms with Crippen molar-refractivity contribution in [2.45, 2.75) is 6.92 Å². The van der Waals surface area contributed by atoms with Crippen molar-refractivity contribution < 1.29 is 4.39 Å². The van der Waals surface area contributed by atoms with Gasteiger partial charge in [-0.3, -0.25) is 4.98 Å². The molecule has 1 aromatic heterocycles. The lowest BCUT2D eigenvalue weighted by Crippen LogP contribution is -1.94. The smallest absolute Gasteiger partial charge is 0.148 e. The van der Waals surface area contributed by atoms with Gasteiger partial charge < -0.3 is 5.32 Å². The molecule has 76 valence electrons. The number of rotatable bonds is 2. The summed E-state index contributed by atoms with van der Waals surface area (Å²) in [6, 6.07) is 4.81. The second-order valence-electron chi connectivity index (χ2n) is 3.18. The van der Waals surface area contributed by atoms with Gasteiger partial charge in [0.1, 0.15) is 11.6 Å². The molecule has 0 radical (unpaired) electrons. The molecule has 0 saturated heterocycles. The standard InChI is InChI=1S/C11H10FN3/c1-8-6-9(2-3-10(8)12)15-11-7-13-4-5-14-11/h2-7H,1H3,(H,14,15). The molecule has 2 aromatic rings. The zero-order chi connectivity index (χ0) is 10.7. The predicted octanol–water partition coefficient (Wildman–Crippen LogP) is 2.67. The SMILES string of the molecule is Cc1cc(Nc2cnccn2)ccc1F. The van der Waals surface area contributed by atoms with Crippen LogP contribution in [0.4, 0.5) is 15.9 Å². The van der Waals surface area contributed by atoms with Crippen molar-refractivity contribution in [3.05, 3.63) is 48.2 Å². The molecule has 15 heavy (non-hydrogen) atoms. The zero-order valence-corrected chi connectivity index (χ0v) is 8.24. The van der Waals surface area contributed by atoms with Gasteiger partial charge in [0.15, 0.2) is 0 Å². The maximum atomic E-state index is 13.0. The summed E-state index contributed by atoms with van der Waals surface area (Å²) in [7, 11) is 0. The van der Waals surface area contributed by atoms with Crippen molar-refractivity contribution in [2.24, 2.45) is 0 Å². The molecule has 0 aliphatic rings. The Hall–Kier alpha value is -1.97. The fourth-order valence-corrected chi connectivity index (χ4v) is 1.23. The third kappa shape index (κ3) is 2.28. The van der Waals surface area contributed by atoms with Gasteiger partial charge in [-0.25, -0.2) is 9.37 Å². The number of halogens is 1. The molecule has 0 atom stereocenters. The van der Waals surface area contributed by atoms with Gasteiger partial charge in [-0.05, 0) is 30.7 Å². The van der Waals surface area contributed by atoms with E-state index in [4.69, 9.17) is 0 Å². The van der Waals surface area contributed by atoms with Crippen LogP contribution < -0.4 is 5.32 Å². The van der Waals surface area contributed by atoms with Gasteiger partial charge in [0, 0.05) is 18.1 Å². The van der Waals surface area contributed by atoms with E-state index in [0.29, 0.717) is 11.4 Å². The van der Waals surface area contributed by atoms with E-state index in [9.17, 15) is 4.39 Å². The number of nitrogens with zero attached hydrogens (tertiary/aromatic N) is 2. The number of benzene rings is 1. The number of anilines is 2. The highest BCUT2D eigenvalue weighted by molar-refractivity contribution is 5.56. The summed E-state index contributed by atoms with van der Waals surface area (Å²) in [4.78, 5) is 7.98. The van der Waals surface area contributed by atoms with Crippen LogP contribution in [0.15, 0.2) is 36.8 Å². The molecule has 1 aromatic carbocycles. The van der Waals surface area contributed by atoms with Gasteiger partial charge >= 0.3 is 0 Å². The number of nitrogens with one attached hydrogen (secondary N) is 1. The predicted molar refractivity (Wildman–Crippen MR) is 56.5 cm³/mol. The minimum Gasteiger partial charge on any atom is -0.339 e. The summed E-state index contributed by atoms with van der Waals surface area (Å²) in [6.07, 6.45) is 4.80. The van der Waals surface area contributed by atoms with Crippen LogP contribution in [0.5, 0.6) is 0 Å². The minimum atomic E-state index is -0.209. The molecular formula is C11H10FN3. The van der Waals surface area contributed by atoms with E-state index in [1.54, 1.807) is 37.6 Å². The maximum absolute atomic E-state index is 13.0. The monoisotopic (exact) mass is 203 g/mol. The van der Waals surface area contributed by atoms with Gasteiger partial charge in [-0.1, -0.05) is 0 Å². The van der Waals surface area contributed by atoms with Crippen LogP contribution in [0.3, 0.4) is 0 Å². The van der Waals surface area contributed by atoms with Crippen LogP contribution >= 0.6 is 0 Å². The Balaban J connectivity index is 2.22. The van der Waals surface area contributed by atoms with Crippen LogP contribution in [0.1, 0.15) is 5.56 Å². The van der Waals surface area contributed by atoms with Crippen LogP contribution in [-0.4, -0.2) is 9.97 Å². The highest BCUT2D eigenvalue weighted by atomic mass is 19.1. The summed E-state index contributed by atoms with van der Waals surface area (Å²) in [5, 5.41) is 3.03. The third-order valence-electron chi connectivity index (χ3n) is 1.99. The number of aromatic nitrogens is 2. The molecule has 0 spiro atoms. The van der Waals surface area contributed by atoms with E-state index in [-0.39, 0.29) is 5.82 Å². The van der Waals surface area contributed by atoms with Crippen molar-refractivity contribution in [1.29, 1.82) is 0 Å². The van der Waals surface area contributed by atoms with Crippen molar-refractivity contribution in [2.75, 3.05) is 5.32 Å². The topological polar surface area (TPSA) is 37.8 Å². The molecule has 2 rings (SSSR count). The molecule has 0 saturated carbocycles. The van der Waals surface area contributed by atoms with E-state index < -0.39 is 0 Å². The second kappa shape index (κ2) is 4.04. The summed E-state index contributed by atoms with van der Waals surface area (Å²) in [6.45, 7) is 1.72. The minimum absolute atomic E-state index is 0.209. The van der Waals surface area contributed by atoms with E-state index >= 15 is 0 Å². The molecule has 0 unspecified atom stereocenters. The van der Waals surface area contributed by atoms with Crippen molar-refractivity contribution in [3.63, 3.8) is 0 Å². The first-order valence-electron chi connectivity index (χ1n) is 4.55. The van der Waals surface area contributed by atoms with Crippen molar-refractivity contribution >= 4 is 11.5 Å². The lowest BCUT2D eigenvalue weighted by atomic mass is 10.2. The van der Waals surface area contributed by atoms with Gasteiger partial charge in [0.2, 0.25) is 0 Å². The first-order valence-corrected chi connectivity index (χ1v) is 4.55. The number of aryl methyl sites for hydroxylation is 1. The van der Waals surface area contributed by atoms with Crippen LogP contribution in [0, 0.1) is 12.7 Å². The molecule has 0 aliphatic heterocycles. The zero-order valence-electron chi connectivity index (χ0n) is 8.24. The number of hydrogen-bond acceptors (Lipinski definition) is 3. The van der Waals surface area contributed by atoms with Gasteiger partial charge in [0.05, 0.1) is 6.20 Å². The van der Waals surface area contributed by atoms with Crippen molar-refractivity contribution in [1.82, 2.24) is 9.97 Å². The van der Waals surface area contributed by atoms with Gasteiger partial charge in [-0.15, -0.1) is 0 Å². The fourth-order valence-electron chi connectivity index (χ4n) is 1.23. The summed E-state index contributed by atoms with van der Waals surface area (Å²) < 4.78 is 13.0. The Morgan fingerprint density at radius 1 is 1.27 bits per heavy atom. The molecule has 0 aliphatic carbocycles. The average Bonchev–Trinajstić information content (AvgIpc) is 2.25. The molecule has 1 N–H and O–H groups in total. The third-order valence-corrected chi connectivity index (χ3v) is 1.99. The summed E-state index contributed by atoms with van der Waals surface area (Å²) in [5.74, 6) is 0.434. The quantitative estimate of drug-likeness (QED) is 0.815. The average molecular weight is 203 g/mol. The highest BCUT2D eigenvalue weighted by Crippen LogP contribution is 2.16. The lowest BCUT2D eigenvalue weighted by Gasteiger charge is -2.05. The second-order valence-corrected chi connectivity index (χ2v) is 3.18. The number of hydrogen-bond donors (Lipinski definition) is 1. The van der Waals surface area contributed by atoms with E-state index in [1.807, 2.05) is 0 Å². The lowest BCUT2D eigenvalue weighted by molar-refractivity contribution is 0.619. The molecule has 0 bridgehead atoms. The normalized spacial score (nSPS) is 10.0. The molecule has 1 heterocycles. The molecular weight excluding hydrogens is 193 g/mol. The highest BCUT2D eigenvalue weighted by Gasteiger charge is 1.99. The fraction of sp³-hybridized carbons (Fsp3) is 0.0909. The Morgan fingerprint density at radius 2 is 2.13 bits per heavy atom. The largest absolute Gasteiger partial charge is 0.339 e. The van der Waals surface area contributed by atoms with Crippen LogP contribution in [-0.2, 0) is 0 Å². The maximum Gasteiger partial charge on any atom is 0.148 e. The first-order chi connectivity index (χ1) is 7.25. The van der Waals surface area contributed by atoms with Crippen LogP contribution in [0.2, 0.25) is 0 Å². The van der Waals surface area contributed by atoms with Crippen molar-refractivity contribution in [3.8, 4) is 0 Å². The Labute approximate surface area is 87.0 Å². The first kappa shape index (κ1) is 9.58. The van der Waals surface area contributed by atoms with E-state index in [0.717, 1.165) is 5.69 Å². The molecule has 0 amide bonds. The van der Waals surface area contributed by atoms with Crippen LogP contribution in [0.25, 0.3) is 0 Å². The Morgan fingerprint density at radius 3 is 2.80 bits per heavy atom. The van der Waals surface area contributed by atoms with E-state index in [2.05, 4.69) is 15.3 Å². The molecule has 4 heteroatoms. The Kier molecular flexibility index (Phi) is 2.58. The summed E-state index contributed by atoms with van der Waals surface area (Å²) >= 11 is 0. The van der Waals surface area contributed by atoms with E-state index in [1.165, 1.54) is 6.07 Å². The van der Waals surface area contributed by atoms with Gasteiger partial charge in [-0.2, -0.15) is 0 Å². The molecule has 0 fully saturated rings.